The Bertz CT molecular complexity index is 1110. The number of carbonyl (C=O) groups excluding carboxylic acids is 1. The number of hydrogen-bond acceptors (Lipinski definition) is 3. The maximum Gasteiger partial charge on any atom is 0.323 e. The molecule has 0 aromatic heterocycles. The van der Waals surface area contributed by atoms with E-state index >= 15 is 0 Å². The summed E-state index contributed by atoms with van der Waals surface area (Å²) >= 11 is 0. The minimum absolute atomic E-state index is 0.160. The van der Waals surface area contributed by atoms with Gasteiger partial charge >= 0.3 is 6.03 Å². The van der Waals surface area contributed by atoms with E-state index in [4.69, 9.17) is 0 Å². The Morgan fingerprint density at radius 1 is 0.862 bits per heavy atom. The number of carbonyl (C=O) groups is 1. The minimum Gasteiger partial charge on any atom is -0.308 e. The van der Waals surface area contributed by atoms with Gasteiger partial charge in [0, 0.05) is 11.3 Å². The SMILES string of the molecule is O=C(Nc1ccccc1)Nc1cc(S(=O)(=O)CC2CC2)ccc1-c1ccccc1. The number of urea groups is 1. The summed E-state index contributed by atoms with van der Waals surface area (Å²) in [5.41, 5.74) is 2.78. The first-order valence-corrected chi connectivity index (χ1v) is 11.2. The Kier molecular flexibility index (Phi) is 5.36. The van der Waals surface area contributed by atoms with Crippen molar-refractivity contribution in [1.29, 1.82) is 0 Å². The van der Waals surface area contributed by atoms with Crippen LogP contribution < -0.4 is 10.6 Å². The van der Waals surface area contributed by atoms with Crippen molar-refractivity contribution in [3.63, 3.8) is 0 Å². The van der Waals surface area contributed by atoms with Gasteiger partial charge in [0.05, 0.1) is 16.3 Å². The molecule has 4 rings (SSSR count). The lowest BCUT2D eigenvalue weighted by atomic mass is 10.0. The fourth-order valence-corrected chi connectivity index (χ4v) is 4.91. The second kappa shape index (κ2) is 8.09. The number of nitrogens with one attached hydrogen (secondary N) is 2. The van der Waals surface area contributed by atoms with Gasteiger partial charge in [0.15, 0.2) is 9.84 Å². The number of sulfone groups is 1. The number of amides is 2. The summed E-state index contributed by atoms with van der Waals surface area (Å²) in [6.45, 7) is 0. The zero-order chi connectivity index (χ0) is 20.3. The monoisotopic (exact) mass is 406 g/mol. The van der Waals surface area contributed by atoms with Crippen molar-refractivity contribution >= 4 is 27.2 Å². The molecule has 0 bridgehead atoms. The van der Waals surface area contributed by atoms with Gasteiger partial charge in [0.2, 0.25) is 0 Å². The first-order chi connectivity index (χ1) is 14.0. The number of anilines is 2. The van der Waals surface area contributed by atoms with Crippen molar-refractivity contribution in [2.45, 2.75) is 17.7 Å². The highest BCUT2D eigenvalue weighted by Crippen LogP contribution is 2.35. The Morgan fingerprint density at radius 3 is 2.17 bits per heavy atom. The molecule has 148 valence electrons. The van der Waals surface area contributed by atoms with Crippen LogP contribution >= 0.6 is 0 Å². The molecule has 0 radical (unpaired) electrons. The van der Waals surface area contributed by atoms with Crippen LogP contribution in [0.5, 0.6) is 0 Å². The van der Waals surface area contributed by atoms with Crippen LogP contribution in [0.2, 0.25) is 0 Å². The summed E-state index contributed by atoms with van der Waals surface area (Å²) in [7, 11) is -3.38. The number of benzene rings is 3. The highest BCUT2D eigenvalue weighted by atomic mass is 32.2. The third-order valence-corrected chi connectivity index (χ3v) is 6.75. The van der Waals surface area contributed by atoms with Gasteiger partial charge in [-0.2, -0.15) is 0 Å². The first kappa shape index (κ1) is 19.2. The first-order valence-electron chi connectivity index (χ1n) is 9.56. The van der Waals surface area contributed by atoms with E-state index in [0.717, 1.165) is 24.0 Å². The van der Waals surface area contributed by atoms with Crippen molar-refractivity contribution < 1.29 is 13.2 Å². The number of rotatable bonds is 6. The van der Waals surface area contributed by atoms with Crippen LogP contribution in [0.15, 0.2) is 83.8 Å². The molecule has 1 saturated carbocycles. The Balaban J connectivity index is 1.66. The third-order valence-electron chi connectivity index (χ3n) is 4.87. The van der Waals surface area contributed by atoms with E-state index in [9.17, 15) is 13.2 Å². The summed E-state index contributed by atoms with van der Waals surface area (Å²) < 4.78 is 25.5. The van der Waals surface area contributed by atoms with Gasteiger partial charge in [0.25, 0.3) is 0 Å². The van der Waals surface area contributed by atoms with Crippen molar-refractivity contribution in [2.24, 2.45) is 5.92 Å². The molecule has 1 aliphatic carbocycles. The molecule has 5 nitrogen and oxygen atoms in total. The highest BCUT2D eigenvalue weighted by Gasteiger charge is 2.29. The Hall–Kier alpha value is -3.12. The second-order valence-electron chi connectivity index (χ2n) is 7.24. The van der Waals surface area contributed by atoms with E-state index in [1.165, 1.54) is 0 Å². The normalized spacial score (nSPS) is 13.7. The molecule has 2 N–H and O–H groups in total. The van der Waals surface area contributed by atoms with Crippen LogP contribution in [0.25, 0.3) is 11.1 Å². The van der Waals surface area contributed by atoms with E-state index < -0.39 is 15.9 Å². The quantitative estimate of drug-likeness (QED) is 0.592. The molecular formula is C23H22N2O3S. The van der Waals surface area contributed by atoms with Crippen LogP contribution in [-0.2, 0) is 9.84 Å². The summed E-state index contributed by atoms with van der Waals surface area (Å²) in [6, 6.07) is 23.2. The maximum atomic E-state index is 12.7. The predicted octanol–water partition coefficient (Wildman–Crippen LogP) is 5.18. The van der Waals surface area contributed by atoms with Gasteiger partial charge in [-0.25, -0.2) is 13.2 Å². The largest absolute Gasteiger partial charge is 0.323 e. The van der Waals surface area contributed by atoms with E-state index in [2.05, 4.69) is 10.6 Å². The summed E-state index contributed by atoms with van der Waals surface area (Å²) in [4.78, 5) is 12.8. The molecule has 2 amide bonds. The number of para-hydroxylation sites is 1. The Morgan fingerprint density at radius 2 is 1.52 bits per heavy atom. The fraction of sp³-hybridized carbons (Fsp3) is 0.174. The van der Waals surface area contributed by atoms with Gasteiger partial charge in [0.1, 0.15) is 0 Å². The molecule has 0 spiro atoms. The zero-order valence-electron chi connectivity index (χ0n) is 15.8. The molecule has 6 heteroatoms. The molecule has 0 atom stereocenters. The van der Waals surface area contributed by atoms with Crippen LogP contribution in [0, 0.1) is 5.92 Å². The number of hydrogen-bond donors (Lipinski definition) is 2. The van der Waals surface area contributed by atoms with Gasteiger partial charge in [-0.15, -0.1) is 0 Å². The molecule has 1 aliphatic rings. The highest BCUT2D eigenvalue weighted by molar-refractivity contribution is 7.91. The van der Waals surface area contributed by atoms with Crippen molar-refractivity contribution in [3.05, 3.63) is 78.9 Å². The lowest BCUT2D eigenvalue weighted by Gasteiger charge is -2.14. The van der Waals surface area contributed by atoms with Crippen molar-refractivity contribution in [3.8, 4) is 11.1 Å². The summed E-state index contributed by atoms with van der Waals surface area (Å²) in [6.07, 6.45) is 1.93. The molecule has 0 unspecified atom stereocenters. The van der Waals surface area contributed by atoms with E-state index in [-0.39, 0.29) is 16.6 Å². The minimum atomic E-state index is -3.38. The smallest absolute Gasteiger partial charge is 0.308 e. The summed E-state index contributed by atoms with van der Waals surface area (Å²) in [5.74, 6) is 0.416. The van der Waals surface area contributed by atoms with E-state index in [0.29, 0.717) is 11.4 Å². The lowest BCUT2D eigenvalue weighted by molar-refractivity contribution is 0.262. The zero-order valence-corrected chi connectivity index (χ0v) is 16.7. The topological polar surface area (TPSA) is 75.3 Å². The second-order valence-corrected chi connectivity index (χ2v) is 9.28. The van der Waals surface area contributed by atoms with Crippen LogP contribution in [0.3, 0.4) is 0 Å². The molecule has 0 saturated heterocycles. The standard InChI is InChI=1S/C23H22N2O3S/c26-23(24-19-9-5-2-6-10-19)25-22-15-20(29(27,28)16-17-11-12-17)13-14-21(22)18-7-3-1-4-8-18/h1-10,13-15,17H,11-12,16H2,(H2,24,25,26). The van der Waals surface area contributed by atoms with Gasteiger partial charge in [-0.3, -0.25) is 0 Å². The molecule has 3 aromatic carbocycles. The van der Waals surface area contributed by atoms with Crippen molar-refractivity contribution in [1.82, 2.24) is 0 Å². The van der Waals surface area contributed by atoms with E-state index in [1.807, 2.05) is 48.5 Å². The Labute approximate surface area is 170 Å². The van der Waals surface area contributed by atoms with Gasteiger partial charge in [-0.05, 0) is 48.6 Å². The van der Waals surface area contributed by atoms with Gasteiger partial charge in [-0.1, -0.05) is 54.6 Å². The molecule has 0 heterocycles. The average Bonchev–Trinajstić information content (AvgIpc) is 3.52. The predicted molar refractivity (Wildman–Crippen MR) is 116 cm³/mol. The fourth-order valence-electron chi connectivity index (χ4n) is 3.19. The lowest BCUT2D eigenvalue weighted by Crippen LogP contribution is -2.20. The maximum absolute atomic E-state index is 12.7. The van der Waals surface area contributed by atoms with Crippen LogP contribution in [-0.4, -0.2) is 20.2 Å². The van der Waals surface area contributed by atoms with E-state index in [1.54, 1.807) is 30.3 Å². The average molecular weight is 407 g/mol. The van der Waals surface area contributed by atoms with Crippen LogP contribution in [0.1, 0.15) is 12.8 Å². The molecule has 1 fully saturated rings. The van der Waals surface area contributed by atoms with Crippen LogP contribution in [0.4, 0.5) is 16.2 Å². The molecule has 29 heavy (non-hydrogen) atoms. The summed E-state index contributed by atoms with van der Waals surface area (Å²) in [5, 5.41) is 5.59. The third kappa shape index (κ3) is 4.84. The molecule has 0 aliphatic heterocycles. The van der Waals surface area contributed by atoms with Gasteiger partial charge < -0.3 is 10.6 Å². The molecule has 3 aromatic rings. The van der Waals surface area contributed by atoms with Crippen molar-refractivity contribution in [2.75, 3.05) is 16.4 Å². The molecular weight excluding hydrogens is 384 g/mol.